The topological polar surface area (TPSA) is 269 Å². The smallest absolute Gasteiger partial charge is 0.382 e. The molecule has 0 spiro atoms. The van der Waals surface area contributed by atoms with Gasteiger partial charge in [-0.25, -0.2) is 33.1 Å². The Morgan fingerprint density at radius 1 is 1.05 bits per heavy atom. The average molecular weight is 676 g/mol. The molecule has 236 valence electrons. The second-order valence-electron chi connectivity index (χ2n) is 10.0. The van der Waals surface area contributed by atoms with Gasteiger partial charge in [0.25, 0.3) is 5.56 Å². The largest absolute Gasteiger partial charge is 0.386 e. The molecule has 0 radical (unpaired) electrons. The maximum atomic E-state index is 15.9. The van der Waals surface area contributed by atoms with Gasteiger partial charge in [-0.05, 0) is 0 Å². The number of thiol groups is 1. The van der Waals surface area contributed by atoms with Crippen LogP contribution >= 0.6 is 19.0 Å². The number of nitrogen functional groups attached to an aromatic ring is 2. The third-order valence-corrected chi connectivity index (χ3v) is 9.83. The molecule has 0 aromatic carbocycles. The summed E-state index contributed by atoms with van der Waals surface area (Å²) in [5.74, 6) is -0.157. The Bertz CT molecular complexity index is 1980. The fourth-order valence-electron chi connectivity index (χ4n) is 5.28. The maximum Gasteiger partial charge on any atom is 0.386 e. The fourth-order valence-corrected chi connectivity index (χ4v) is 7.76. The third kappa shape index (κ3) is 5.22. The second kappa shape index (κ2) is 10.7. The van der Waals surface area contributed by atoms with Crippen molar-refractivity contribution in [3.8, 4) is 0 Å². The molecule has 6 N–H and O–H groups in total. The summed E-state index contributed by atoms with van der Waals surface area (Å²) in [5, 5.41) is 0. The number of anilines is 2. The molecule has 3 fully saturated rings. The van der Waals surface area contributed by atoms with Gasteiger partial charge in [0.2, 0.25) is 5.95 Å². The molecule has 7 rings (SSSR count). The van der Waals surface area contributed by atoms with E-state index in [1.807, 2.05) is 0 Å². The van der Waals surface area contributed by atoms with Crippen molar-refractivity contribution in [2.45, 2.75) is 49.5 Å². The van der Waals surface area contributed by atoms with Crippen molar-refractivity contribution in [2.24, 2.45) is 0 Å². The number of nitrogens with one attached hydrogen (secondary N) is 2. The molecule has 8 unspecified atom stereocenters. The minimum atomic E-state index is -4.62. The van der Waals surface area contributed by atoms with Gasteiger partial charge < -0.3 is 20.9 Å². The molecule has 4 aromatic heterocycles. The quantitative estimate of drug-likeness (QED) is 0.130. The van der Waals surface area contributed by atoms with Crippen LogP contribution < -0.4 is 21.7 Å². The number of fused-ring (bicyclic) bond motifs is 5. The highest BCUT2D eigenvalue weighted by Gasteiger charge is 2.51. The fraction of sp³-hybridized carbons (Fsp3) is 0.500. The van der Waals surface area contributed by atoms with Crippen molar-refractivity contribution >= 4 is 63.4 Å². The van der Waals surface area contributed by atoms with Crippen LogP contribution in [0.5, 0.6) is 0 Å². The maximum absolute atomic E-state index is 15.9. The van der Waals surface area contributed by atoms with Gasteiger partial charge in [0.1, 0.15) is 30.2 Å². The summed E-state index contributed by atoms with van der Waals surface area (Å²) >= 11 is 4.08. The number of nitrogens with two attached hydrogens (primary N) is 2. The van der Waals surface area contributed by atoms with E-state index in [0.717, 1.165) is 6.33 Å². The Kier molecular flexibility index (Phi) is 7.13. The van der Waals surface area contributed by atoms with E-state index < -0.39 is 72.3 Å². The van der Waals surface area contributed by atoms with Crippen LogP contribution in [0, 0.1) is 0 Å². The first-order valence-corrected chi connectivity index (χ1v) is 16.9. The lowest BCUT2D eigenvalue weighted by atomic mass is 10.1. The lowest BCUT2D eigenvalue weighted by Gasteiger charge is -2.25. The van der Waals surface area contributed by atoms with Crippen LogP contribution in [0.1, 0.15) is 18.9 Å². The van der Waals surface area contributed by atoms with Crippen LogP contribution in [0.25, 0.3) is 22.3 Å². The van der Waals surface area contributed by atoms with Gasteiger partial charge in [-0.15, -0.1) is 0 Å². The first kappa shape index (κ1) is 29.4. The third-order valence-electron chi connectivity index (χ3n) is 7.19. The molecule has 0 aliphatic carbocycles. The monoisotopic (exact) mass is 675 g/mol. The molecule has 3 aliphatic heterocycles. The van der Waals surface area contributed by atoms with Gasteiger partial charge >= 0.3 is 17.1 Å². The molecule has 0 amide bonds. The highest BCUT2D eigenvalue weighted by Crippen LogP contribution is 2.57. The first-order valence-electron chi connectivity index (χ1n) is 12.8. The van der Waals surface area contributed by atoms with Crippen LogP contribution in [0.3, 0.4) is 0 Å². The summed E-state index contributed by atoms with van der Waals surface area (Å²) in [6.45, 7) is -5.28. The van der Waals surface area contributed by atoms with Crippen LogP contribution in [-0.2, 0) is 37.6 Å². The SMILES string of the molecule is Nc1nc2c(ncn2C2OC3CNS(=O)(=O)OC4C(COP(=O)(S)OC2C3)OC(n2cnc3c(N)ncnc32)C4F)c(=O)[nH]1. The first-order chi connectivity index (χ1) is 20.9. The van der Waals surface area contributed by atoms with Crippen molar-refractivity contribution in [3.05, 3.63) is 29.3 Å². The number of ether oxygens (including phenoxy) is 2. The number of alkyl halides is 1. The summed E-state index contributed by atoms with van der Waals surface area (Å²) in [5.41, 5.74) is 11.2. The van der Waals surface area contributed by atoms with Gasteiger partial charge in [0.05, 0.1) is 25.4 Å². The number of rotatable bonds is 2. The minimum Gasteiger partial charge on any atom is -0.382 e. The van der Waals surface area contributed by atoms with Gasteiger partial charge in [-0.2, -0.15) is 18.1 Å². The summed E-state index contributed by atoms with van der Waals surface area (Å²) < 4.78 is 88.3. The van der Waals surface area contributed by atoms with Gasteiger partial charge in [0.15, 0.2) is 41.3 Å². The van der Waals surface area contributed by atoms with Gasteiger partial charge in [-0.1, -0.05) is 12.2 Å². The van der Waals surface area contributed by atoms with E-state index in [9.17, 15) is 17.8 Å². The van der Waals surface area contributed by atoms with Crippen LogP contribution in [0.4, 0.5) is 16.2 Å². The molecular weight excluding hydrogens is 652 g/mol. The van der Waals surface area contributed by atoms with Crippen LogP contribution in [0.2, 0.25) is 0 Å². The molecule has 44 heavy (non-hydrogen) atoms. The van der Waals surface area contributed by atoms with Gasteiger partial charge in [-0.3, -0.25) is 28.0 Å². The molecular formula is C20H23FN11O9PS2. The van der Waals surface area contributed by atoms with Crippen molar-refractivity contribution in [3.63, 3.8) is 0 Å². The van der Waals surface area contributed by atoms with Crippen LogP contribution in [0.15, 0.2) is 23.8 Å². The second-order valence-corrected chi connectivity index (χ2v) is 14.3. The zero-order chi connectivity index (χ0) is 31.0. The van der Waals surface area contributed by atoms with Crippen LogP contribution in [-0.4, -0.2) is 91.2 Å². The number of imidazole rings is 2. The van der Waals surface area contributed by atoms with E-state index in [1.54, 1.807) is 0 Å². The molecule has 4 aromatic rings. The lowest BCUT2D eigenvalue weighted by Crippen LogP contribution is -2.41. The summed E-state index contributed by atoms with van der Waals surface area (Å²) in [4.78, 5) is 34.7. The van der Waals surface area contributed by atoms with Crippen molar-refractivity contribution in [1.82, 2.24) is 43.8 Å². The van der Waals surface area contributed by atoms with Crippen molar-refractivity contribution < 1.29 is 40.1 Å². The van der Waals surface area contributed by atoms with Gasteiger partial charge in [0, 0.05) is 13.0 Å². The highest BCUT2D eigenvalue weighted by atomic mass is 32.7. The minimum absolute atomic E-state index is 0.0185. The summed E-state index contributed by atoms with van der Waals surface area (Å²) in [6.07, 6.45) is -6.28. The van der Waals surface area contributed by atoms with Crippen molar-refractivity contribution in [1.29, 1.82) is 0 Å². The van der Waals surface area contributed by atoms with E-state index >= 15 is 4.39 Å². The predicted octanol–water partition coefficient (Wildman–Crippen LogP) is -0.680. The van der Waals surface area contributed by atoms with E-state index in [0.29, 0.717) is 0 Å². The molecule has 24 heteroatoms. The lowest BCUT2D eigenvalue weighted by molar-refractivity contribution is -0.0472. The number of aromatic amines is 1. The standard InChI is InChI=1S/C20H23FN11O9PS2/c21-10-13-9(39-19(10)31-5-26-11-14(22)24-4-25-15(11)31)3-37-42(34,43)40-8-1-7(2-28-44(35,36)41-13)38-18(8)32-6-27-12-16(32)29-20(23)30-17(12)33/h4-10,13,18-19,28H,1-3H2,(H,34,43)(H2,22,24,25)(H3,23,29,30,33). The van der Waals surface area contributed by atoms with E-state index in [1.165, 1.54) is 21.8 Å². The number of aromatic nitrogens is 8. The molecule has 0 saturated carbocycles. The number of nitrogens with zero attached hydrogens (tertiary/aromatic N) is 7. The molecule has 2 bridgehead atoms. The Balaban J connectivity index is 1.19. The van der Waals surface area contributed by atoms with E-state index in [-0.39, 0.29) is 47.1 Å². The molecule has 3 aliphatic rings. The Hall–Kier alpha value is -3.28. The highest BCUT2D eigenvalue weighted by molar-refractivity contribution is 8.44. The zero-order valence-corrected chi connectivity index (χ0v) is 24.6. The Morgan fingerprint density at radius 2 is 1.80 bits per heavy atom. The summed E-state index contributed by atoms with van der Waals surface area (Å²) in [6, 6.07) is 0. The zero-order valence-electron chi connectivity index (χ0n) is 22.0. The van der Waals surface area contributed by atoms with E-state index in [2.05, 4.69) is 46.9 Å². The normalized spacial score (nSPS) is 34.4. The average Bonchev–Trinajstić information content (AvgIpc) is 3.72. The predicted molar refractivity (Wildman–Crippen MR) is 149 cm³/mol. The van der Waals surface area contributed by atoms with Crippen molar-refractivity contribution in [2.75, 3.05) is 24.6 Å². The molecule has 8 atom stereocenters. The molecule has 20 nitrogen and oxygen atoms in total. The number of hydrogen-bond acceptors (Lipinski definition) is 16. The molecule has 7 heterocycles. The van der Waals surface area contributed by atoms with E-state index in [4.69, 9.17) is 34.2 Å². The Labute approximate surface area is 250 Å². The number of halogens is 1. The number of hydrogen-bond donors (Lipinski definition) is 5. The Morgan fingerprint density at radius 3 is 2.59 bits per heavy atom. The summed E-state index contributed by atoms with van der Waals surface area (Å²) in [7, 11) is -4.62. The number of H-pyrrole nitrogens is 1. The molecule has 3 saturated heterocycles.